The van der Waals surface area contributed by atoms with E-state index in [4.69, 9.17) is 10.8 Å². The molecule has 0 aliphatic heterocycles. The molecule has 0 aromatic heterocycles. The van der Waals surface area contributed by atoms with Gasteiger partial charge in [0, 0.05) is 24.7 Å². The molecule has 0 fully saturated rings. The van der Waals surface area contributed by atoms with E-state index < -0.39 is 5.97 Å². The Labute approximate surface area is 119 Å². The van der Waals surface area contributed by atoms with Gasteiger partial charge in [0.1, 0.15) is 0 Å². The van der Waals surface area contributed by atoms with Crippen LogP contribution < -0.4 is 10.6 Å². The lowest BCUT2D eigenvalue weighted by atomic mass is 10.1. The number of nitrogens with zero attached hydrogens (tertiary/aromatic N) is 1. The molecule has 0 bridgehead atoms. The summed E-state index contributed by atoms with van der Waals surface area (Å²) >= 11 is 0. The lowest BCUT2D eigenvalue weighted by Crippen LogP contribution is -2.33. The molecular formula is C15H22N2O3. The van der Waals surface area contributed by atoms with Crippen molar-refractivity contribution in [3.8, 4) is 0 Å². The largest absolute Gasteiger partial charge is 0.481 e. The van der Waals surface area contributed by atoms with Crippen LogP contribution in [0.1, 0.15) is 31.7 Å². The summed E-state index contributed by atoms with van der Waals surface area (Å²) < 4.78 is 0. The van der Waals surface area contributed by atoms with Crippen LogP contribution >= 0.6 is 0 Å². The van der Waals surface area contributed by atoms with Crippen LogP contribution in [0, 0.1) is 6.92 Å². The highest BCUT2D eigenvalue weighted by atomic mass is 16.4. The number of hydrogen-bond donors (Lipinski definition) is 2. The first-order chi connectivity index (χ1) is 9.40. The maximum atomic E-state index is 12.2. The third-order valence-electron chi connectivity index (χ3n) is 3.01. The third-order valence-corrected chi connectivity index (χ3v) is 3.01. The number of carbonyl (C=O) groups is 2. The molecule has 1 aromatic rings. The SMILES string of the molecule is Cc1ccc(N(CCC(=O)O)C(=O)CCC(C)N)cc1. The minimum absolute atomic E-state index is 0.0432. The van der Waals surface area contributed by atoms with Crippen LogP contribution in [0.4, 0.5) is 5.69 Å². The van der Waals surface area contributed by atoms with Crippen LogP contribution in [0.3, 0.4) is 0 Å². The summed E-state index contributed by atoms with van der Waals surface area (Å²) in [6.45, 7) is 3.99. The van der Waals surface area contributed by atoms with Gasteiger partial charge in [0.2, 0.25) is 5.91 Å². The van der Waals surface area contributed by atoms with Crippen molar-refractivity contribution in [2.24, 2.45) is 5.73 Å². The van der Waals surface area contributed by atoms with Gasteiger partial charge in [-0.2, -0.15) is 0 Å². The van der Waals surface area contributed by atoms with Gasteiger partial charge in [0.25, 0.3) is 0 Å². The molecule has 0 aliphatic carbocycles. The number of benzene rings is 1. The number of rotatable bonds is 7. The highest BCUT2D eigenvalue weighted by Gasteiger charge is 2.17. The predicted octanol–water partition coefficient (Wildman–Crippen LogP) is 1.93. The van der Waals surface area contributed by atoms with E-state index in [1.54, 1.807) is 0 Å². The van der Waals surface area contributed by atoms with Crippen molar-refractivity contribution in [3.63, 3.8) is 0 Å². The number of aliphatic carboxylic acids is 1. The van der Waals surface area contributed by atoms with Gasteiger partial charge in [-0.05, 0) is 32.4 Å². The topological polar surface area (TPSA) is 83.6 Å². The highest BCUT2D eigenvalue weighted by molar-refractivity contribution is 5.93. The molecule has 1 amide bonds. The maximum Gasteiger partial charge on any atom is 0.305 e. The fraction of sp³-hybridized carbons (Fsp3) is 0.467. The highest BCUT2D eigenvalue weighted by Crippen LogP contribution is 2.17. The van der Waals surface area contributed by atoms with E-state index in [1.807, 2.05) is 38.1 Å². The lowest BCUT2D eigenvalue weighted by Gasteiger charge is -2.23. The number of carbonyl (C=O) groups excluding carboxylic acids is 1. The zero-order valence-corrected chi connectivity index (χ0v) is 12.0. The first-order valence-corrected chi connectivity index (χ1v) is 6.74. The number of anilines is 1. The Morgan fingerprint density at radius 1 is 1.25 bits per heavy atom. The Bertz CT molecular complexity index is 455. The van der Waals surface area contributed by atoms with Crippen LogP contribution in [0.5, 0.6) is 0 Å². The van der Waals surface area contributed by atoms with Crippen molar-refractivity contribution < 1.29 is 14.7 Å². The van der Waals surface area contributed by atoms with E-state index in [9.17, 15) is 9.59 Å². The molecule has 1 rings (SSSR count). The summed E-state index contributed by atoms with van der Waals surface area (Å²) in [6, 6.07) is 7.43. The fourth-order valence-electron chi connectivity index (χ4n) is 1.82. The van der Waals surface area contributed by atoms with E-state index in [1.165, 1.54) is 4.90 Å². The summed E-state index contributed by atoms with van der Waals surface area (Å²) in [5.41, 5.74) is 7.48. The Morgan fingerprint density at radius 3 is 2.35 bits per heavy atom. The second-order valence-corrected chi connectivity index (χ2v) is 5.04. The number of hydrogen-bond acceptors (Lipinski definition) is 3. The molecule has 0 aliphatic rings. The van der Waals surface area contributed by atoms with Crippen molar-refractivity contribution in [1.29, 1.82) is 0 Å². The first kappa shape index (κ1) is 16.2. The molecule has 1 unspecified atom stereocenters. The molecular weight excluding hydrogens is 256 g/mol. The van der Waals surface area contributed by atoms with E-state index in [2.05, 4.69) is 0 Å². The predicted molar refractivity (Wildman–Crippen MR) is 78.7 cm³/mol. The van der Waals surface area contributed by atoms with Crippen molar-refractivity contribution in [1.82, 2.24) is 0 Å². The van der Waals surface area contributed by atoms with Crippen LogP contribution in [0.15, 0.2) is 24.3 Å². The molecule has 3 N–H and O–H groups in total. The molecule has 1 aromatic carbocycles. The third kappa shape index (κ3) is 5.40. The first-order valence-electron chi connectivity index (χ1n) is 6.74. The summed E-state index contributed by atoms with van der Waals surface area (Å²) in [6.07, 6.45) is 0.844. The van der Waals surface area contributed by atoms with Crippen molar-refractivity contribution in [3.05, 3.63) is 29.8 Å². The van der Waals surface area contributed by atoms with Gasteiger partial charge in [0.05, 0.1) is 6.42 Å². The Morgan fingerprint density at radius 2 is 1.85 bits per heavy atom. The van der Waals surface area contributed by atoms with E-state index in [-0.39, 0.29) is 24.9 Å². The lowest BCUT2D eigenvalue weighted by molar-refractivity contribution is -0.136. The normalized spacial score (nSPS) is 11.9. The second kappa shape index (κ2) is 7.65. The number of carboxylic acids is 1. The fourth-order valence-corrected chi connectivity index (χ4v) is 1.82. The number of amides is 1. The summed E-state index contributed by atoms with van der Waals surface area (Å²) in [4.78, 5) is 24.5. The monoisotopic (exact) mass is 278 g/mol. The molecule has 0 saturated heterocycles. The minimum atomic E-state index is -0.915. The second-order valence-electron chi connectivity index (χ2n) is 5.04. The van der Waals surface area contributed by atoms with Crippen LogP contribution in [-0.2, 0) is 9.59 Å². The van der Waals surface area contributed by atoms with E-state index in [0.717, 1.165) is 11.3 Å². The Kier molecular flexibility index (Phi) is 6.18. The van der Waals surface area contributed by atoms with Gasteiger partial charge >= 0.3 is 5.97 Å². The van der Waals surface area contributed by atoms with Crippen LogP contribution in [0.25, 0.3) is 0 Å². The van der Waals surface area contributed by atoms with Gasteiger partial charge in [-0.3, -0.25) is 9.59 Å². The van der Waals surface area contributed by atoms with Crippen molar-refractivity contribution in [2.45, 2.75) is 39.2 Å². The van der Waals surface area contributed by atoms with Gasteiger partial charge in [-0.1, -0.05) is 17.7 Å². The Balaban J connectivity index is 2.81. The van der Waals surface area contributed by atoms with Gasteiger partial charge in [0.15, 0.2) is 0 Å². The molecule has 20 heavy (non-hydrogen) atoms. The minimum Gasteiger partial charge on any atom is -0.481 e. The van der Waals surface area contributed by atoms with Crippen LogP contribution in [-0.4, -0.2) is 29.6 Å². The molecule has 0 saturated carbocycles. The van der Waals surface area contributed by atoms with E-state index in [0.29, 0.717) is 12.8 Å². The maximum absolute atomic E-state index is 12.2. The molecule has 5 heteroatoms. The van der Waals surface area contributed by atoms with Gasteiger partial charge < -0.3 is 15.7 Å². The molecule has 0 heterocycles. The zero-order chi connectivity index (χ0) is 15.1. The summed E-state index contributed by atoms with van der Waals surface area (Å²) in [5.74, 6) is -1.01. The average molecular weight is 278 g/mol. The quantitative estimate of drug-likeness (QED) is 0.798. The van der Waals surface area contributed by atoms with E-state index >= 15 is 0 Å². The van der Waals surface area contributed by atoms with Gasteiger partial charge in [-0.25, -0.2) is 0 Å². The number of aryl methyl sites for hydroxylation is 1. The summed E-state index contributed by atoms with van der Waals surface area (Å²) in [5, 5.41) is 8.80. The smallest absolute Gasteiger partial charge is 0.305 e. The average Bonchev–Trinajstić information content (AvgIpc) is 2.38. The molecule has 0 radical (unpaired) electrons. The van der Waals surface area contributed by atoms with Crippen molar-refractivity contribution in [2.75, 3.05) is 11.4 Å². The van der Waals surface area contributed by atoms with Crippen molar-refractivity contribution >= 4 is 17.6 Å². The molecule has 1 atom stereocenters. The summed E-state index contributed by atoms with van der Waals surface area (Å²) in [7, 11) is 0. The number of carboxylic acid groups (broad SMARTS) is 1. The number of nitrogens with two attached hydrogens (primary N) is 1. The molecule has 110 valence electrons. The standard InChI is InChI=1S/C15H22N2O3/c1-11-3-6-13(7-4-11)17(10-9-15(19)20)14(18)8-5-12(2)16/h3-4,6-7,12H,5,8-10,16H2,1-2H3,(H,19,20). The molecule has 0 spiro atoms. The Hall–Kier alpha value is -1.88. The zero-order valence-electron chi connectivity index (χ0n) is 12.0. The van der Waals surface area contributed by atoms with Gasteiger partial charge in [-0.15, -0.1) is 0 Å². The van der Waals surface area contributed by atoms with Crippen LogP contribution in [0.2, 0.25) is 0 Å². The molecule has 5 nitrogen and oxygen atoms in total.